The van der Waals surface area contributed by atoms with Crippen LogP contribution >= 0.6 is 0 Å². The van der Waals surface area contributed by atoms with Gasteiger partial charge in [-0.15, -0.1) is 0 Å². The summed E-state index contributed by atoms with van der Waals surface area (Å²) in [4.78, 5) is -0.355. The van der Waals surface area contributed by atoms with Crippen LogP contribution in [0.5, 0.6) is 5.75 Å². The van der Waals surface area contributed by atoms with E-state index < -0.39 is 20.1 Å². The van der Waals surface area contributed by atoms with Crippen molar-refractivity contribution in [1.82, 2.24) is 0 Å². The Morgan fingerprint density at radius 3 is 2.25 bits per heavy atom. The molecule has 0 aliphatic carbocycles. The van der Waals surface area contributed by atoms with Crippen LogP contribution in [-0.2, 0) is 20.1 Å². The highest BCUT2D eigenvalue weighted by Gasteiger charge is 2.18. The zero-order chi connectivity index (χ0) is 12.4. The molecule has 0 unspecified atom stereocenters. The summed E-state index contributed by atoms with van der Waals surface area (Å²) in [5.41, 5.74) is 0. The zero-order valence-electron chi connectivity index (χ0n) is 8.45. The number of para-hydroxylation sites is 1. The number of primary sulfonamides is 1. The van der Waals surface area contributed by atoms with Gasteiger partial charge in [0.25, 0.3) is 0 Å². The van der Waals surface area contributed by atoms with E-state index in [9.17, 15) is 16.8 Å². The van der Waals surface area contributed by atoms with E-state index >= 15 is 0 Å². The molecule has 0 radical (unpaired) electrons. The minimum Gasteiger partial charge on any atom is -0.381 e. The Kier molecular flexibility index (Phi) is 3.56. The summed E-state index contributed by atoms with van der Waals surface area (Å²) in [7, 11) is -7.78. The van der Waals surface area contributed by atoms with Gasteiger partial charge in [0, 0.05) is 0 Å². The first-order chi connectivity index (χ1) is 7.26. The highest BCUT2D eigenvalue weighted by atomic mass is 32.2. The van der Waals surface area contributed by atoms with E-state index in [4.69, 9.17) is 5.14 Å². The lowest BCUT2D eigenvalue weighted by atomic mass is 10.3. The van der Waals surface area contributed by atoms with Crippen LogP contribution in [0.2, 0.25) is 0 Å². The molecule has 0 amide bonds. The lowest BCUT2D eigenvalue weighted by Crippen LogP contribution is -2.17. The molecule has 0 aromatic heterocycles. The van der Waals surface area contributed by atoms with Crippen LogP contribution in [0.3, 0.4) is 0 Å². The van der Waals surface area contributed by atoms with Gasteiger partial charge >= 0.3 is 10.1 Å². The van der Waals surface area contributed by atoms with Crippen LogP contribution in [-0.4, -0.2) is 22.6 Å². The Morgan fingerprint density at radius 1 is 1.19 bits per heavy atom. The van der Waals surface area contributed by atoms with Gasteiger partial charge in [0.15, 0.2) is 5.75 Å². The zero-order valence-corrected chi connectivity index (χ0v) is 10.1. The second-order valence-electron chi connectivity index (χ2n) is 2.92. The Morgan fingerprint density at radius 2 is 1.75 bits per heavy atom. The first-order valence-electron chi connectivity index (χ1n) is 4.30. The van der Waals surface area contributed by atoms with Gasteiger partial charge in [0.1, 0.15) is 4.90 Å². The van der Waals surface area contributed by atoms with Crippen molar-refractivity contribution < 1.29 is 21.0 Å². The lowest BCUT2D eigenvalue weighted by molar-refractivity contribution is 0.480. The first-order valence-corrected chi connectivity index (χ1v) is 7.42. The average Bonchev–Trinajstić information content (AvgIpc) is 2.16. The molecular formula is C8H11NO5S2. The number of hydrogen-bond donors (Lipinski definition) is 1. The van der Waals surface area contributed by atoms with Crippen molar-refractivity contribution in [2.45, 2.75) is 11.8 Å². The van der Waals surface area contributed by atoms with Gasteiger partial charge in [-0.25, -0.2) is 13.6 Å². The predicted octanol–water partition coefficient (Wildman–Crippen LogP) is 0.0625. The minimum atomic E-state index is -4.00. The molecule has 2 N–H and O–H groups in total. The van der Waals surface area contributed by atoms with E-state index in [1.807, 2.05) is 0 Å². The molecule has 0 saturated heterocycles. The Bertz CT molecular complexity index is 576. The molecule has 1 aromatic carbocycles. The maximum Gasteiger partial charge on any atom is 0.308 e. The smallest absolute Gasteiger partial charge is 0.308 e. The molecule has 0 bridgehead atoms. The molecule has 8 heteroatoms. The van der Waals surface area contributed by atoms with E-state index in [0.717, 1.165) is 0 Å². The second-order valence-corrected chi connectivity index (χ2v) is 6.31. The molecular weight excluding hydrogens is 254 g/mol. The number of sulfonamides is 1. The lowest BCUT2D eigenvalue weighted by Gasteiger charge is -2.08. The van der Waals surface area contributed by atoms with E-state index in [0.29, 0.717) is 0 Å². The fraction of sp³-hybridized carbons (Fsp3) is 0.250. The van der Waals surface area contributed by atoms with Gasteiger partial charge in [-0.1, -0.05) is 12.1 Å². The summed E-state index contributed by atoms with van der Waals surface area (Å²) < 4.78 is 49.3. The van der Waals surface area contributed by atoms with Crippen molar-refractivity contribution in [1.29, 1.82) is 0 Å². The van der Waals surface area contributed by atoms with Crippen LogP contribution in [0.4, 0.5) is 0 Å². The molecule has 90 valence electrons. The molecule has 0 aliphatic heterocycles. The van der Waals surface area contributed by atoms with Crippen molar-refractivity contribution >= 4 is 20.1 Å². The maximum atomic E-state index is 11.2. The number of nitrogens with two attached hydrogens (primary N) is 1. The van der Waals surface area contributed by atoms with Gasteiger partial charge in [0.05, 0.1) is 5.75 Å². The number of hydrogen-bond acceptors (Lipinski definition) is 5. The molecule has 0 atom stereocenters. The standard InChI is InChI=1S/C8H11NO5S2/c1-2-15(10,11)14-7-5-3-4-6-8(7)16(9,12)13/h3-6H,2H2,1H3,(H2,9,12,13). The van der Waals surface area contributed by atoms with Crippen LogP contribution in [0, 0.1) is 0 Å². The van der Waals surface area contributed by atoms with Gasteiger partial charge in [-0.05, 0) is 19.1 Å². The molecule has 0 saturated carbocycles. The third kappa shape index (κ3) is 3.19. The van der Waals surface area contributed by atoms with E-state index in [1.54, 1.807) is 0 Å². The van der Waals surface area contributed by atoms with Crippen molar-refractivity contribution in [3.05, 3.63) is 24.3 Å². The fourth-order valence-electron chi connectivity index (χ4n) is 0.950. The Labute approximate surface area is 94.2 Å². The van der Waals surface area contributed by atoms with Gasteiger partial charge in [-0.3, -0.25) is 0 Å². The summed E-state index contributed by atoms with van der Waals surface area (Å²) in [6.07, 6.45) is 0. The van der Waals surface area contributed by atoms with Gasteiger partial charge < -0.3 is 4.18 Å². The van der Waals surface area contributed by atoms with Gasteiger partial charge in [0.2, 0.25) is 10.0 Å². The Balaban J connectivity index is 3.26. The van der Waals surface area contributed by atoms with E-state index in [1.165, 1.54) is 31.2 Å². The van der Waals surface area contributed by atoms with Crippen molar-refractivity contribution in [3.63, 3.8) is 0 Å². The number of benzene rings is 1. The van der Waals surface area contributed by atoms with Crippen LogP contribution in [0.15, 0.2) is 29.2 Å². The van der Waals surface area contributed by atoms with Crippen molar-refractivity contribution in [3.8, 4) is 5.75 Å². The quantitative estimate of drug-likeness (QED) is 0.775. The second kappa shape index (κ2) is 4.40. The first kappa shape index (κ1) is 12.9. The summed E-state index contributed by atoms with van der Waals surface area (Å²) in [6.45, 7) is 1.38. The molecule has 0 heterocycles. The van der Waals surface area contributed by atoms with Crippen LogP contribution in [0.1, 0.15) is 6.92 Å². The molecule has 16 heavy (non-hydrogen) atoms. The fourth-order valence-corrected chi connectivity index (χ4v) is 2.20. The SMILES string of the molecule is CCS(=O)(=O)Oc1ccccc1S(N)(=O)=O. The molecule has 0 spiro atoms. The minimum absolute atomic E-state index is 0.258. The highest BCUT2D eigenvalue weighted by Crippen LogP contribution is 2.23. The molecule has 0 aliphatic rings. The van der Waals surface area contributed by atoms with Crippen molar-refractivity contribution in [2.75, 3.05) is 5.75 Å². The predicted molar refractivity (Wildman–Crippen MR) is 57.9 cm³/mol. The topological polar surface area (TPSA) is 104 Å². The molecule has 6 nitrogen and oxygen atoms in total. The van der Waals surface area contributed by atoms with E-state index in [-0.39, 0.29) is 16.4 Å². The van der Waals surface area contributed by atoms with Gasteiger partial charge in [-0.2, -0.15) is 8.42 Å². The van der Waals surface area contributed by atoms with E-state index in [2.05, 4.69) is 4.18 Å². The van der Waals surface area contributed by atoms with Crippen molar-refractivity contribution in [2.24, 2.45) is 5.14 Å². The third-order valence-corrected chi connectivity index (χ3v) is 3.82. The maximum absolute atomic E-state index is 11.2. The Hall–Kier alpha value is -1.12. The molecule has 0 fully saturated rings. The molecule has 1 rings (SSSR count). The van der Waals surface area contributed by atoms with Crippen LogP contribution < -0.4 is 9.32 Å². The molecule has 1 aromatic rings. The summed E-state index contributed by atoms with van der Waals surface area (Å²) in [6, 6.07) is 5.28. The monoisotopic (exact) mass is 265 g/mol. The third-order valence-electron chi connectivity index (χ3n) is 1.73. The number of rotatable bonds is 4. The largest absolute Gasteiger partial charge is 0.381 e. The summed E-state index contributed by atoms with van der Waals surface area (Å²) in [5.74, 6) is -0.543. The summed E-state index contributed by atoms with van der Waals surface area (Å²) >= 11 is 0. The normalized spacial score (nSPS) is 12.4. The summed E-state index contributed by atoms with van der Waals surface area (Å²) in [5, 5.41) is 4.92. The highest BCUT2D eigenvalue weighted by molar-refractivity contribution is 7.89. The average molecular weight is 265 g/mol. The van der Waals surface area contributed by atoms with Crippen LogP contribution in [0.25, 0.3) is 0 Å².